The molecular formula is C15H20N2O3. The number of fused-ring (bicyclic) bond motifs is 1. The van der Waals surface area contributed by atoms with E-state index >= 15 is 0 Å². The predicted octanol–water partition coefficient (Wildman–Crippen LogP) is 1.57. The van der Waals surface area contributed by atoms with Gasteiger partial charge in [0.1, 0.15) is 6.61 Å². The van der Waals surface area contributed by atoms with Crippen molar-refractivity contribution in [3.8, 4) is 0 Å². The second-order valence-corrected chi connectivity index (χ2v) is 4.88. The zero-order valence-corrected chi connectivity index (χ0v) is 11.9. The molecule has 0 atom stereocenters. The van der Waals surface area contributed by atoms with Gasteiger partial charge in [0.15, 0.2) is 0 Å². The Labute approximate surface area is 118 Å². The molecule has 1 aromatic carbocycles. The van der Waals surface area contributed by atoms with Gasteiger partial charge < -0.3 is 15.0 Å². The van der Waals surface area contributed by atoms with E-state index in [1.54, 1.807) is 0 Å². The minimum absolute atomic E-state index is 0.0392. The highest BCUT2D eigenvalue weighted by molar-refractivity contribution is 5.91. The topological polar surface area (TPSA) is 58.6 Å². The molecule has 0 fully saturated rings. The standard InChI is InChI=1S/C15H20N2O3/c1-3-15(19)17-7-6-11-4-5-13(8-12(11)9-17)16-14(18)10-20-2/h4-5,8H,3,6-7,9-10H2,1-2H3,(H,16,18). The van der Waals surface area contributed by atoms with Gasteiger partial charge in [-0.2, -0.15) is 0 Å². The fourth-order valence-electron chi connectivity index (χ4n) is 2.40. The fraction of sp³-hybridized carbons (Fsp3) is 0.467. The number of anilines is 1. The summed E-state index contributed by atoms with van der Waals surface area (Å²) in [4.78, 5) is 25.1. The van der Waals surface area contributed by atoms with E-state index < -0.39 is 0 Å². The molecular weight excluding hydrogens is 256 g/mol. The number of carbonyl (C=O) groups is 2. The first kappa shape index (κ1) is 14.5. The van der Waals surface area contributed by atoms with Gasteiger partial charge in [-0.1, -0.05) is 13.0 Å². The molecule has 2 amide bonds. The normalized spacial score (nSPS) is 13.8. The number of benzene rings is 1. The summed E-state index contributed by atoms with van der Waals surface area (Å²) in [6, 6.07) is 5.85. The van der Waals surface area contributed by atoms with Crippen LogP contribution in [-0.2, 0) is 27.3 Å². The van der Waals surface area contributed by atoms with Gasteiger partial charge in [0.2, 0.25) is 11.8 Å². The summed E-state index contributed by atoms with van der Waals surface area (Å²) in [5, 5.41) is 2.78. The number of rotatable bonds is 4. The summed E-state index contributed by atoms with van der Waals surface area (Å²) >= 11 is 0. The van der Waals surface area contributed by atoms with E-state index in [0.717, 1.165) is 24.2 Å². The first-order valence-electron chi connectivity index (χ1n) is 6.82. The zero-order valence-electron chi connectivity index (χ0n) is 11.9. The third kappa shape index (κ3) is 3.36. The molecule has 20 heavy (non-hydrogen) atoms. The van der Waals surface area contributed by atoms with Crippen molar-refractivity contribution in [2.45, 2.75) is 26.3 Å². The molecule has 1 aliphatic rings. The number of ether oxygens (including phenoxy) is 1. The Morgan fingerprint density at radius 2 is 2.15 bits per heavy atom. The summed E-state index contributed by atoms with van der Waals surface area (Å²) < 4.78 is 4.79. The van der Waals surface area contributed by atoms with Crippen molar-refractivity contribution in [3.05, 3.63) is 29.3 Å². The van der Waals surface area contributed by atoms with E-state index in [1.165, 1.54) is 12.7 Å². The molecule has 1 heterocycles. The van der Waals surface area contributed by atoms with Crippen LogP contribution in [0.5, 0.6) is 0 Å². The number of amides is 2. The lowest BCUT2D eigenvalue weighted by Gasteiger charge is -2.29. The summed E-state index contributed by atoms with van der Waals surface area (Å²) in [6.07, 6.45) is 1.40. The summed E-state index contributed by atoms with van der Waals surface area (Å²) in [5.74, 6) is -0.00535. The van der Waals surface area contributed by atoms with E-state index in [-0.39, 0.29) is 18.4 Å². The van der Waals surface area contributed by atoms with E-state index in [1.807, 2.05) is 30.0 Å². The molecule has 0 aliphatic carbocycles. The monoisotopic (exact) mass is 276 g/mol. The van der Waals surface area contributed by atoms with Crippen LogP contribution in [0.3, 0.4) is 0 Å². The molecule has 0 saturated heterocycles. The largest absolute Gasteiger partial charge is 0.375 e. The van der Waals surface area contributed by atoms with Crippen molar-refractivity contribution in [1.29, 1.82) is 0 Å². The summed E-state index contributed by atoms with van der Waals surface area (Å²) in [7, 11) is 1.49. The van der Waals surface area contributed by atoms with E-state index in [0.29, 0.717) is 13.0 Å². The Hall–Kier alpha value is -1.88. The van der Waals surface area contributed by atoms with Gasteiger partial charge in [0.05, 0.1) is 0 Å². The fourth-order valence-corrected chi connectivity index (χ4v) is 2.40. The Bertz CT molecular complexity index is 514. The van der Waals surface area contributed by atoms with Crippen molar-refractivity contribution in [2.75, 3.05) is 25.6 Å². The van der Waals surface area contributed by atoms with E-state index in [4.69, 9.17) is 4.74 Å². The lowest BCUT2D eigenvalue weighted by atomic mass is 9.99. The van der Waals surface area contributed by atoms with Crippen LogP contribution in [0.15, 0.2) is 18.2 Å². The highest BCUT2D eigenvalue weighted by Gasteiger charge is 2.19. The van der Waals surface area contributed by atoms with Crippen LogP contribution in [0, 0.1) is 0 Å². The first-order chi connectivity index (χ1) is 9.63. The Balaban J connectivity index is 2.10. The molecule has 0 bridgehead atoms. The maximum absolute atomic E-state index is 11.8. The summed E-state index contributed by atoms with van der Waals surface area (Å²) in [6.45, 7) is 3.31. The molecule has 1 N–H and O–H groups in total. The van der Waals surface area contributed by atoms with Gasteiger partial charge in [-0.15, -0.1) is 0 Å². The minimum Gasteiger partial charge on any atom is -0.375 e. The van der Waals surface area contributed by atoms with Crippen LogP contribution in [0.2, 0.25) is 0 Å². The lowest BCUT2D eigenvalue weighted by Crippen LogP contribution is -2.35. The van der Waals surface area contributed by atoms with E-state index in [9.17, 15) is 9.59 Å². The zero-order chi connectivity index (χ0) is 14.5. The van der Waals surface area contributed by atoms with Crippen molar-refractivity contribution in [1.82, 2.24) is 4.90 Å². The minimum atomic E-state index is -0.176. The van der Waals surface area contributed by atoms with Crippen molar-refractivity contribution < 1.29 is 14.3 Å². The molecule has 0 saturated carbocycles. The first-order valence-corrected chi connectivity index (χ1v) is 6.82. The molecule has 0 radical (unpaired) electrons. The molecule has 108 valence electrons. The quantitative estimate of drug-likeness (QED) is 0.908. The maximum atomic E-state index is 11.8. The van der Waals surface area contributed by atoms with Gasteiger partial charge in [-0.3, -0.25) is 9.59 Å². The molecule has 0 unspecified atom stereocenters. The van der Waals surface area contributed by atoms with Crippen LogP contribution in [0.4, 0.5) is 5.69 Å². The molecule has 0 aromatic heterocycles. The van der Waals surface area contributed by atoms with Gasteiger partial charge in [0, 0.05) is 32.3 Å². The highest BCUT2D eigenvalue weighted by Crippen LogP contribution is 2.23. The van der Waals surface area contributed by atoms with Gasteiger partial charge in [-0.25, -0.2) is 0 Å². The Morgan fingerprint density at radius 3 is 2.85 bits per heavy atom. The number of methoxy groups -OCH3 is 1. The van der Waals surface area contributed by atoms with Crippen LogP contribution in [0.1, 0.15) is 24.5 Å². The molecule has 0 spiro atoms. The highest BCUT2D eigenvalue weighted by atomic mass is 16.5. The average molecular weight is 276 g/mol. The van der Waals surface area contributed by atoms with Gasteiger partial charge in [0.25, 0.3) is 0 Å². The molecule has 1 aliphatic heterocycles. The number of carbonyl (C=O) groups excluding carboxylic acids is 2. The van der Waals surface area contributed by atoms with Crippen molar-refractivity contribution in [3.63, 3.8) is 0 Å². The third-order valence-corrected chi connectivity index (χ3v) is 3.43. The van der Waals surface area contributed by atoms with Crippen molar-refractivity contribution in [2.24, 2.45) is 0 Å². The third-order valence-electron chi connectivity index (χ3n) is 3.43. The molecule has 2 rings (SSSR count). The lowest BCUT2D eigenvalue weighted by molar-refractivity contribution is -0.131. The smallest absolute Gasteiger partial charge is 0.250 e. The second kappa shape index (κ2) is 6.52. The number of hydrogen-bond acceptors (Lipinski definition) is 3. The average Bonchev–Trinajstić information content (AvgIpc) is 2.45. The molecule has 5 heteroatoms. The Kier molecular flexibility index (Phi) is 4.74. The molecule has 5 nitrogen and oxygen atoms in total. The van der Waals surface area contributed by atoms with Crippen LogP contribution in [-0.4, -0.2) is 37.0 Å². The van der Waals surface area contributed by atoms with Crippen LogP contribution in [0.25, 0.3) is 0 Å². The number of nitrogens with zero attached hydrogens (tertiary/aromatic N) is 1. The number of nitrogens with one attached hydrogen (secondary N) is 1. The van der Waals surface area contributed by atoms with Crippen LogP contribution >= 0.6 is 0 Å². The second-order valence-electron chi connectivity index (χ2n) is 4.88. The van der Waals surface area contributed by atoms with Crippen molar-refractivity contribution >= 4 is 17.5 Å². The van der Waals surface area contributed by atoms with Gasteiger partial charge >= 0.3 is 0 Å². The van der Waals surface area contributed by atoms with Gasteiger partial charge in [-0.05, 0) is 29.7 Å². The SMILES string of the molecule is CCC(=O)N1CCc2ccc(NC(=O)COC)cc2C1. The maximum Gasteiger partial charge on any atom is 0.250 e. The Morgan fingerprint density at radius 1 is 1.35 bits per heavy atom. The summed E-state index contributed by atoms with van der Waals surface area (Å²) in [5.41, 5.74) is 3.10. The molecule has 1 aromatic rings. The van der Waals surface area contributed by atoms with E-state index in [2.05, 4.69) is 5.32 Å². The number of hydrogen-bond donors (Lipinski definition) is 1. The predicted molar refractivity (Wildman–Crippen MR) is 76.4 cm³/mol. The van der Waals surface area contributed by atoms with Crippen LogP contribution < -0.4 is 5.32 Å².